The highest BCUT2D eigenvalue weighted by atomic mass is 28.3. The molecule has 0 spiro atoms. The number of rotatable bonds is 7. The van der Waals surface area contributed by atoms with Gasteiger partial charge >= 0.3 is 0 Å². The third kappa shape index (κ3) is 3.33. The Morgan fingerprint density at radius 2 is 1.63 bits per heavy atom. The third-order valence-corrected chi connectivity index (χ3v) is 8.09. The van der Waals surface area contributed by atoms with Crippen LogP contribution < -0.4 is 5.19 Å². The van der Waals surface area contributed by atoms with Crippen molar-refractivity contribution in [2.45, 2.75) is 18.1 Å². The van der Waals surface area contributed by atoms with E-state index in [0.717, 1.165) is 23.3 Å². The Morgan fingerprint density at radius 3 is 2.05 bits per heavy atom. The van der Waals surface area contributed by atoms with Crippen molar-refractivity contribution in [1.82, 2.24) is 0 Å². The molecule has 0 amide bonds. The fraction of sp³-hybridized carbons (Fsp3) is 0.176. The summed E-state index contributed by atoms with van der Waals surface area (Å²) in [6.07, 6.45) is 11.1. The van der Waals surface area contributed by atoms with E-state index in [-0.39, 0.29) is 5.82 Å². The van der Waals surface area contributed by atoms with Gasteiger partial charge in [-0.2, -0.15) is 0 Å². The Balaban J connectivity index is 3.37. The minimum Gasteiger partial charge on any atom is -0.206 e. The standard InChI is InChI=1S/C17H19FSi/c1-5-11-19(12-6-2,13-7-3)16-9-10-17(18)15(8-4)14-16/h4-7,9-10,14H,1-3,11-13H2. The summed E-state index contributed by atoms with van der Waals surface area (Å²) in [5.41, 5.74) is 0.326. The quantitative estimate of drug-likeness (QED) is 0.399. The van der Waals surface area contributed by atoms with E-state index in [1.54, 1.807) is 6.07 Å². The molecule has 0 radical (unpaired) electrons. The second-order valence-electron chi connectivity index (χ2n) is 4.60. The lowest BCUT2D eigenvalue weighted by Crippen LogP contribution is -2.46. The monoisotopic (exact) mass is 270 g/mol. The first-order valence-corrected chi connectivity index (χ1v) is 8.85. The van der Waals surface area contributed by atoms with Gasteiger partial charge in [-0.1, -0.05) is 35.4 Å². The molecular formula is C17H19FSi. The highest BCUT2D eigenvalue weighted by Gasteiger charge is 2.31. The maximum atomic E-state index is 13.5. The normalized spacial score (nSPS) is 10.5. The topological polar surface area (TPSA) is 0 Å². The first kappa shape index (κ1) is 15.2. The van der Waals surface area contributed by atoms with E-state index in [9.17, 15) is 4.39 Å². The molecular weight excluding hydrogens is 251 g/mol. The van der Waals surface area contributed by atoms with Gasteiger partial charge < -0.3 is 0 Å². The van der Waals surface area contributed by atoms with E-state index in [1.165, 1.54) is 6.07 Å². The molecule has 0 aliphatic rings. The molecule has 0 saturated heterocycles. The fourth-order valence-electron chi connectivity index (χ4n) is 2.40. The van der Waals surface area contributed by atoms with E-state index in [2.05, 4.69) is 25.7 Å². The SMILES string of the molecule is C#Cc1cc([Si](CC=C)(CC=C)CC=C)ccc1F. The van der Waals surface area contributed by atoms with Crippen LogP contribution in [0.15, 0.2) is 56.2 Å². The van der Waals surface area contributed by atoms with Crippen LogP contribution in [0.1, 0.15) is 5.56 Å². The minimum absolute atomic E-state index is 0.326. The summed E-state index contributed by atoms with van der Waals surface area (Å²) in [6.45, 7) is 11.5. The Kier molecular flexibility index (Phi) is 5.53. The summed E-state index contributed by atoms with van der Waals surface area (Å²) >= 11 is 0. The predicted octanol–water partition coefficient (Wildman–Crippen LogP) is 4.02. The lowest BCUT2D eigenvalue weighted by Gasteiger charge is -2.29. The zero-order valence-corrected chi connectivity index (χ0v) is 12.2. The third-order valence-electron chi connectivity index (χ3n) is 3.34. The molecule has 0 nitrogen and oxygen atoms in total. The summed E-state index contributed by atoms with van der Waals surface area (Å²) in [4.78, 5) is 0. The molecule has 0 unspecified atom stereocenters. The van der Waals surface area contributed by atoms with Crippen molar-refractivity contribution in [1.29, 1.82) is 0 Å². The van der Waals surface area contributed by atoms with Crippen LogP contribution in [0, 0.1) is 18.2 Å². The average molecular weight is 270 g/mol. The molecule has 1 aromatic carbocycles. The van der Waals surface area contributed by atoms with Gasteiger partial charge in [0.25, 0.3) is 0 Å². The van der Waals surface area contributed by atoms with Crippen LogP contribution in [-0.2, 0) is 0 Å². The van der Waals surface area contributed by atoms with Crippen LogP contribution in [0.4, 0.5) is 4.39 Å². The molecule has 0 aliphatic carbocycles. The van der Waals surface area contributed by atoms with Crippen LogP contribution >= 0.6 is 0 Å². The maximum absolute atomic E-state index is 13.5. The number of benzene rings is 1. The summed E-state index contributed by atoms with van der Waals surface area (Å²) < 4.78 is 13.5. The predicted molar refractivity (Wildman–Crippen MR) is 84.7 cm³/mol. The van der Waals surface area contributed by atoms with Crippen molar-refractivity contribution in [3.05, 3.63) is 67.5 Å². The first-order chi connectivity index (χ1) is 9.13. The molecule has 1 rings (SSSR count). The largest absolute Gasteiger partial charge is 0.206 e. The highest BCUT2D eigenvalue weighted by Crippen LogP contribution is 2.23. The number of allylic oxidation sites excluding steroid dienone is 3. The molecule has 0 aromatic heterocycles. The molecule has 0 N–H and O–H groups in total. The first-order valence-electron chi connectivity index (χ1n) is 6.23. The summed E-state index contributed by atoms with van der Waals surface area (Å²) in [6, 6.07) is 7.82. The highest BCUT2D eigenvalue weighted by molar-refractivity contribution is 6.92. The second kappa shape index (κ2) is 6.91. The maximum Gasteiger partial charge on any atom is 0.138 e. The number of halogens is 1. The van der Waals surface area contributed by atoms with Crippen molar-refractivity contribution in [3.8, 4) is 12.3 Å². The molecule has 0 saturated carbocycles. The van der Waals surface area contributed by atoms with Crippen LogP contribution in [-0.4, -0.2) is 8.07 Å². The number of hydrogen-bond donors (Lipinski definition) is 0. The zero-order chi connectivity index (χ0) is 14.3. The van der Waals surface area contributed by atoms with Crippen molar-refractivity contribution >= 4 is 13.3 Å². The van der Waals surface area contributed by atoms with Gasteiger partial charge in [-0.05, 0) is 30.3 Å². The van der Waals surface area contributed by atoms with Crippen molar-refractivity contribution in [2.24, 2.45) is 0 Å². The van der Waals surface area contributed by atoms with Crippen molar-refractivity contribution in [2.75, 3.05) is 0 Å². The average Bonchev–Trinajstić information content (AvgIpc) is 2.40. The van der Waals surface area contributed by atoms with Gasteiger partial charge in [-0.15, -0.1) is 26.2 Å². The van der Waals surface area contributed by atoms with E-state index in [0.29, 0.717) is 5.56 Å². The van der Waals surface area contributed by atoms with Gasteiger partial charge in [-0.25, -0.2) is 4.39 Å². The lowest BCUT2D eigenvalue weighted by molar-refractivity contribution is 0.625. The van der Waals surface area contributed by atoms with Crippen LogP contribution in [0.5, 0.6) is 0 Å². The zero-order valence-electron chi connectivity index (χ0n) is 11.2. The van der Waals surface area contributed by atoms with E-state index < -0.39 is 8.07 Å². The summed E-state index contributed by atoms with van der Waals surface area (Å²) in [5.74, 6) is 2.06. The Morgan fingerprint density at radius 1 is 1.11 bits per heavy atom. The van der Waals surface area contributed by atoms with Gasteiger partial charge in [0.05, 0.1) is 13.6 Å². The molecule has 19 heavy (non-hydrogen) atoms. The number of terminal acetylenes is 1. The molecule has 0 atom stereocenters. The van der Waals surface area contributed by atoms with Gasteiger partial charge in [0, 0.05) is 0 Å². The summed E-state index contributed by atoms with van der Waals surface area (Å²) in [5, 5.41) is 1.14. The van der Waals surface area contributed by atoms with Gasteiger partial charge in [0.1, 0.15) is 5.82 Å². The van der Waals surface area contributed by atoms with E-state index in [4.69, 9.17) is 6.42 Å². The van der Waals surface area contributed by atoms with Gasteiger partial charge in [0.2, 0.25) is 0 Å². The number of hydrogen-bond acceptors (Lipinski definition) is 0. The lowest BCUT2D eigenvalue weighted by atomic mass is 10.2. The van der Waals surface area contributed by atoms with Crippen LogP contribution in [0.2, 0.25) is 18.1 Å². The van der Waals surface area contributed by atoms with E-state index >= 15 is 0 Å². The molecule has 0 aliphatic heterocycles. The molecule has 0 fully saturated rings. The molecule has 1 aromatic rings. The van der Waals surface area contributed by atoms with Crippen LogP contribution in [0.25, 0.3) is 0 Å². The molecule has 0 bridgehead atoms. The summed E-state index contributed by atoms with van der Waals surface area (Å²) in [7, 11) is -1.86. The van der Waals surface area contributed by atoms with Crippen molar-refractivity contribution in [3.63, 3.8) is 0 Å². The Bertz CT molecular complexity index is 496. The Labute approximate surface area is 116 Å². The fourth-order valence-corrected chi connectivity index (χ4v) is 6.15. The Hall–Kier alpha value is -1.85. The van der Waals surface area contributed by atoms with E-state index in [1.807, 2.05) is 24.3 Å². The minimum atomic E-state index is -1.86. The molecule has 2 heteroatoms. The van der Waals surface area contributed by atoms with Gasteiger partial charge in [0.15, 0.2) is 0 Å². The molecule has 98 valence electrons. The second-order valence-corrected chi connectivity index (χ2v) is 8.96. The van der Waals surface area contributed by atoms with Gasteiger partial charge in [-0.3, -0.25) is 0 Å². The molecule has 0 heterocycles. The van der Waals surface area contributed by atoms with Crippen molar-refractivity contribution < 1.29 is 4.39 Å². The smallest absolute Gasteiger partial charge is 0.138 e. The van der Waals surface area contributed by atoms with Crippen LogP contribution in [0.3, 0.4) is 0 Å².